The van der Waals surface area contributed by atoms with Crippen molar-refractivity contribution in [2.45, 2.75) is 17.5 Å². The van der Waals surface area contributed by atoms with Gasteiger partial charge in [0.25, 0.3) is 11.3 Å². The summed E-state index contributed by atoms with van der Waals surface area (Å²) in [5.41, 5.74) is 0.768. The summed E-state index contributed by atoms with van der Waals surface area (Å²) in [5.74, 6) is -1.27. The molecule has 2 aliphatic heterocycles. The average molecular weight is 507 g/mol. The molecule has 4 aromatic rings. The smallest absolute Gasteiger partial charge is 0.266 e. The molecule has 2 aliphatic rings. The van der Waals surface area contributed by atoms with Crippen molar-refractivity contribution in [3.63, 3.8) is 0 Å². The van der Waals surface area contributed by atoms with Crippen LogP contribution in [-0.2, 0) is 20.9 Å². The number of nitrogens with zero attached hydrogens (tertiary/aromatic N) is 2. The third-order valence-electron chi connectivity index (χ3n) is 6.41. The van der Waals surface area contributed by atoms with Crippen molar-refractivity contribution < 1.29 is 19.7 Å². The Bertz CT molecular complexity index is 1460. The first-order valence-electron chi connectivity index (χ1n) is 10.5. The predicted molar refractivity (Wildman–Crippen MR) is 124 cm³/mol. The summed E-state index contributed by atoms with van der Waals surface area (Å²) >= 11 is 3.51. The lowest BCUT2D eigenvalue weighted by Gasteiger charge is -2.34. The van der Waals surface area contributed by atoms with E-state index in [1.165, 1.54) is 4.57 Å². The molecule has 0 saturated carbocycles. The number of para-hydroxylation sites is 1. The number of ether oxygens (including phenoxy) is 2. The van der Waals surface area contributed by atoms with E-state index in [1.54, 1.807) is 18.2 Å². The van der Waals surface area contributed by atoms with Gasteiger partial charge >= 0.3 is 0 Å². The van der Waals surface area contributed by atoms with Gasteiger partial charge in [0.15, 0.2) is 5.82 Å². The highest BCUT2D eigenvalue weighted by Gasteiger charge is 2.62. The Labute approximate surface area is 197 Å². The van der Waals surface area contributed by atoms with Gasteiger partial charge in [0.2, 0.25) is 0 Å². The highest BCUT2D eigenvalue weighted by Crippen LogP contribution is 2.54. The number of rotatable bonds is 3. The van der Waals surface area contributed by atoms with Crippen molar-refractivity contribution in [1.29, 1.82) is 0 Å². The van der Waals surface area contributed by atoms with Crippen LogP contribution in [0, 0.1) is 0 Å². The Hall–Kier alpha value is -2.88. The molecule has 3 unspecified atom stereocenters. The minimum absolute atomic E-state index is 0.0482. The Kier molecular flexibility index (Phi) is 4.59. The van der Waals surface area contributed by atoms with Crippen molar-refractivity contribution in [2.75, 3.05) is 13.2 Å². The summed E-state index contributed by atoms with van der Waals surface area (Å²) in [5, 5.41) is 21.3. The fraction of sp³-hybridized carbons (Fsp3) is 0.200. The zero-order valence-electron chi connectivity index (χ0n) is 17.3. The van der Waals surface area contributed by atoms with Crippen LogP contribution in [-0.4, -0.2) is 39.1 Å². The number of benzene rings is 3. The van der Waals surface area contributed by atoms with E-state index < -0.39 is 24.1 Å². The summed E-state index contributed by atoms with van der Waals surface area (Å²) in [6.07, 6.45) is -1.27. The van der Waals surface area contributed by atoms with Gasteiger partial charge in [0.05, 0.1) is 29.8 Å². The molecule has 6 rings (SSSR count). The summed E-state index contributed by atoms with van der Waals surface area (Å²) in [6.45, 7) is -0.578. The minimum atomic E-state index is -1.55. The van der Waals surface area contributed by atoms with E-state index in [0.717, 1.165) is 4.47 Å². The maximum atomic E-state index is 13.5. The molecule has 0 amide bonds. The summed E-state index contributed by atoms with van der Waals surface area (Å²) < 4.78 is 15.3. The lowest BCUT2D eigenvalue weighted by molar-refractivity contribution is -0.198. The molecule has 3 heterocycles. The van der Waals surface area contributed by atoms with Crippen molar-refractivity contribution in [2.24, 2.45) is 0 Å². The highest BCUT2D eigenvalue weighted by atomic mass is 79.9. The van der Waals surface area contributed by atoms with E-state index in [9.17, 15) is 15.0 Å². The Morgan fingerprint density at radius 1 is 1.09 bits per heavy atom. The van der Waals surface area contributed by atoms with Crippen molar-refractivity contribution in [3.05, 3.63) is 105 Å². The lowest BCUT2D eigenvalue weighted by Crippen LogP contribution is -2.45. The molecule has 3 aromatic carbocycles. The number of aromatic nitrogens is 2. The molecule has 0 aliphatic carbocycles. The van der Waals surface area contributed by atoms with Crippen LogP contribution in [0.4, 0.5) is 0 Å². The molecule has 1 spiro atoms. The fourth-order valence-electron chi connectivity index (χ4n) is 4.80. The normalized spacial score (nSPS) is 24.2. The SMILES string of the molecule is O=c1c2ccccc2nc2n1-c1ccc(Br)cc1C21OCC(c2ccccc2)(C(O)CO)O1. The van der Waals surface area contributed by atoms with E-state index >= 15 is 0 Å². The van der Waals surface area contributed by atoms with Crippen LogP contribution >= 0.6 is 15.9 Å². The van der Waals surface area contributed by atoms with E-state index in [1.807, 2.05) is 54.6 Å². The summed E-state index contributed by atoms with van der Waals surface area (Å²) in [6, 6.07) is 21.8. The summed E-state index contributed by atoms with van der Waals surface area (Å²) in [7, 11) is 0. The number of aliphatic hydroxyl groups is 2. The molecule has 33 heavy (non-hydrogen) atoms. The van der Waals surface area contributed by atoms with E-state index in [0.29, 0.717) is 27.7 Å². The van der Waals surface area contributed by atoms with Crippen LogP contribution in [0.2, 0.25) is 0 Å². The third-order valence-corrected chi connectivity index (χ3v) is 6.91. The quantitative estimate of drug-likeness (QED) is 0.443. The van der Waals surface area contributed by atoms with Gasteiger partial charge < -0.3 is 19.7 Å². The fourth-order valence-corrected chi connectivity index (χ4v) is 5.16. The monoisotopic (exact) mass is 506 g/mol. The topological polar surface area (TPSA) is 93.8 Å². The Morgan fingerprint density at radius 3 is 2.64 bits per heavy atom. The maximum Gasteiger partial charge on any atom is 0.266 e. The zero-order valence-corrected chi connectivity index (χ0v) is 18.9. The molecular weight excluding hydrogens is 488 g/mol. The second kappa shape index (κ2) is 7.31. The van der Waals surface area contributed by atoms with Crippen LogP contribution in [0.1, 0.15) is 17.0 Å². The highest BCUT2D eigenvalue weighted by molar-refractivity contribution is 9.10. The van der Waals surface area contributed by atoms with E-state index in [2.05, 4.69) is 15.9 Å². The molecule has 1 saturated heterocycles. The number of aliphatic hydroxyl groups excluding tert-OH is 2. The molecule has 0 radical (unpaired) electrons. The molecule has 8 heteroatoms. The van der Waals surface area contributed by atoms with Crippen molar-refractivity contribution in [3.8, 4) is 5.69 Å². The average Bonchev–Trinajstić information content (AvgIpc) is 3.38. The molecule has 1 aromatic heterocycles. The Morgan fingerprint density at radius 2 is 1.85 bits per heavy atom. The van der Waals surface area contributed by atoms with Crippen LogP contribution in [0.25, 0.3) is 16.6 Å². The number of hydrogen-bond donors (Lipinski definition) is 2. The first-order chi connectivity index (χ1) is 16.0. The van der Waals surface area contributed by atoms with Crippen molar-refractivity contribution in [1.82, 2.24) is 9.55 Å². The minimum Gasteiger partial charge on any atom is -0.394 e. The second-order valence-electron chi connectivity index (χ2n) is 8.22. The van der Waals surface area contributed by atoms with Crippen LogP contribution in [0.5, 0.6) is 0 Å². The Balaban J connectivity index is 1.66. The second-order valence-corrected chi connectivity index (χ2v) is 9.13. The van der Waals surface area contributed by atoms with Gasteiger partial charge in [-0.25, -0.2) is 4.98 Å². The number of halogens is 1. The van der Waals surface area contributed by atoms with E-state index in [-0.39, 0.29) is 18.0 Å². The molecule has 3 atom stereocenters. The van der Waals surface area contributed by atoms with E-state index in [4.69, 9.17) is 14.5 Å². The largest absolute Gasteiger partial charge is 0.394 e. The van der Waals surface area contributed by atoms with Crippen molar-refractivity contribution >= 4 is 26.8 Å². The van der Waals surface area contributed by atoms with Gasteiger partial charge in [0.1, 0.15) is 11.7 Å². The van der Waals surface area contributed by atoms with Crippen LogP contribution in [0.3, 0.4) is 0 Å². The van der Waals surface area contributed by atoms with Crippen LogP contribution < -0.4 is 5.56 Å². The van der Waals surface area contributed by atoms with Gasteiger partial charge in [-0.1, -0.05) is 58.4 Å². The number of fused-ring (bicyclic) bond motifs is 6. The van der Waals surface area contributed by atoms with Gasteiger partial charge in [-0.3, -0.25) is 9.36 Å². The third kappa shape index (κ3) is 2.76. The molecule has 166 valence electrons. The first-order valence-corrected chi connectivity index (χ1v) is 11.3. The van der Waals surface area contributed by atoms with Gasteiger partial charge in [0, 0.05) is 10.0 Å². The molecule has 1 fully saturated rings. The summed E-state index contributed by atoms with van der Waals surface area (Å²) in [4.78, 5) is 18.3. The molecular formula is C25H19BrN2O5. The standard InChI is InChI=1S/C25H19BrN2O5/c26-16-10-11-20-18(12-16)25(23-27-19-9-5-4-8-17(19)22(31)28(20)23)32-14-24(33-25,21(30)13-29)15-6-2-1-3-7-15/h1-12,21,29-30H,13-14H2. The molecule has 0 bridgehead atoms. The predicted octanol–water partition coefficient (Wildman–Crippen LogP) is 2.96. The lowest BCUT2D eigenvalue weighted by atomic mass is 9.89. The number of hydrogen-bond acceptors (Lipinski definition) is 6. The van der Waals surface area contributed by atoms with Crippen LogP contribution in [0.15, 0.2) is 82.1 Å². The zero-order chi connectivity index (χ0) is 22.8. The molecule has 2 N–H and O–H groups in total. The molecule has 7 nitrogen and oxygen atoms in total. The van der Waals surface area contributed by atoms with Gasteiger partial charge in [-0.05, 0) is 35.9 Å². The van der Waals surface area contributed by atoms with Gasteiger partial charge in [-0.15, -0.1) is 0 Å². The maximum absolute atomic E-state index is 13.5. The first kappa shape index (κ1) is 20.7. The van der Waals surface area contributed by atoms with Gasteiger partial charge in [-0.2, -0.15) is 0 Å².